The van der Waals surface area contributed by atoms with Crippen molar-refractivity contribution in [2.75, 3.05) is 27.2 Å². The molecule has 2 atom stereocenters. The van der Waals surface area contributed by atoms with E-state index in [-0.39, 0.29) is 11.9 Å². The van der Waals surface area contributed by atoms with Gasteiger partial charge in [-0.2, -0.15) is 0 Å². The average Bonchev–Trinajstić information content (AvgIpc) is 2.80. The largest absolute Gasteiger partial charge is 0.383 e. The highest BCUT2D eigenvalue weighted by Crippen LogP contribution is 2.35. The Balaban J connectivity index is 1.53. The molecule has 1 aromatic carbocycles. The zero-order valence-electron chi connectivity index (χ0n) is 17.1. The normalized spacial score (nSPS) is 21.6. The van der Waals surface area contributed by atoms with E-state index in [4.69, 9.17) is 0 Å². The minimum absolute atomic E-state index is 0.135. The summed E-state index contributed by atoms with van der Waals surface area (Å²) in [6, 6.07) is 15.0. The van der Waals surface area contributed by atoms with Crippen molar-refractivity contribution in [2.24, 2.45) is 0 Å². The molecule has 1 N–H and O–H groups in total. The van der Waals surface area contributed by atoms with Crippen molar-refractivity contribution in [1.29, 1.82) is 0 Å². The van der Waals surface area contributed by atoms with Crippen LogP contribution < -0.4 is 0 Å². The zero-order valence-corrected chi connectivity index (χ0v) is 17.1. The van der Waals surface area contributed by atoms with E-state index in [1.54, 1.807) is 23.5 Å². The van der Waals surface area contributed by atoms with Crippen molar-refractivity contribution in [3.05, 3.63) is 78.2 Å². The Labute approximate surface area is 176 Å². The Morgan fingerprint density at radius 2 is 1.77 bits per heavy atom. The van der Waals surface area contributed by atoms with Gasteiger partial charge in [-0.3, -0.25) is 9.78 Å². The number of likely N-dealkylation sites (tertiary alicyclic amines) is 1. The molecule has 7 heteroatoms. The Morgan fingerprint density at radius 1 is 1.07 bits per heavy atom. The standard InChI is InChI=1S/C23H25N5O2/c1-27(2)20-16-28(13-11-23(20,30)18-8-4-3-5-9-18)22(29)17-14-25-21(26-15-17)19-10-6-7-12-24-19/h3-10,12,14-15,20,30H,11,13,16H2,1-2H3/t20-,23+/m1/s1. The average molecular weight is 403 g/mol. The first-order valence-electron chi connectivity index (χ1n) is 9.96. The fourth-order valence-corrected chi connectivity index (χ4v) is 4.01. The molecule has 7 nitrogen and oxygen atoms in total. The van der Waals surface area contributed by atoms with Crippen LogP contribution >= 0.6 is 0 Å². The van der Waals surface area contributed by atoms with Gasteiger partial charge in [0, 0.05) is 31.7 Å². The van der Waals surface area contributed by atoms with E-state index in [1.807, 2.05) is 67.5 Å². The van der Waals surface area contributed by atoms with Gasteiger partial charge in [-0.15, -0.1) is 0 Å². The van der Waals surface area contributed by atoms with Crippen LogP contribution in [0.15, 0.2) is 67.1 Å². The lowest BCUT2D eigenvalue weighted by Crippen LogP contribution is -2.60. The molecular weight excluding hydrogens is 378 g/mol. The maximum absolute atomic E-state index is 13.1. The number of pyridine rings is 1. The molecule has 0 aliphatic carbocycles. The second-order valence-corrected chi connectivity index (χ2v) is 7.78. The summed E-state index contributed by atoms with van der Waals surface area (Å²) in [6.07, 6.45) is 5.23. The lowest BCUT2D eigenvalue weighted by atomic mass is 9.79. The number of nitrogens with zero attached hydrogens (tertiary/aromatic N) is 5. The third-order valence-electron chi connectivity index (χ3n) is 5.68. The van der Waals surface area contributed by atoms with Gasteiger partial charge in [-0.05, 0) is 38.2 Å². The molecule has 1 fully saturated rings. The number of rotatable bonds is 4. The molecule has 0 bridgehead atoms. The van der Waals surface area contributed by atoms with Crippen molar-refractivity contribution < 1.29 is 9.90 Å². The molecule has 3 heterocycles. The van der Waals surface area contributed by atoms with Gasteiger partial charge in [0.25, 0.3) is 5.91 Å². The SMILES string of the molecule is CN(C)[C@@H]1CN(C(=O)c2cnc(-c3ccccn3)nc2)CC[C@]1(O)c1ccccc1. The molecule has 4 rings (SSSR count). The maximum Gasteiger partial charge on any atom is 0.257 e. The van der Waals surface area contributed by atoms with E-state index in [1.165, 1.54) is 0 Å². The third-order valence-corrected chi connectivity index (χ3v) is 5.68. The number of piperidine rings is 1. The molecule has 0 saturated carbocycles. The minimum atomic E-state index is -1.01. The van der Waals surface area contributed by atoms with Crippen molar-refractivity contribution >= 4 is 5.91 Å². The van der Waals surface area contributed by atoms with E-state index in [2.05, 4.69) is 15.0 Å². The van der Waals surface area contributed by atoms with Gasteiger partial charge in [0.15, 0.2) is 5.82 Å². The Hall–Kier alpha value is -3.16. The molecule has 0 unspecified atom stereocenters. The number of hydrogen-bond donors (Lipinski definition) is 1. The fourth-order valence-electron chi connectivity index (χ4n) is 4.01. The number of amides is 1. The van der Waals surface area contributed by atoms with Crippen molar-refractivity contribution in [3.8, 4) is 11.5 Å². The number of likely N-dealkylation sites (N-methyl/N-ethyl adjacent to an activating group) is 1. The number of aliphatic hydroxyl groups is 1. The van der Waals surface area contributed by atoms with Crippen LogP contribution in [-0.2, 0) is 5.60 Å². The molecule has 2 aromatic heterocycles. The zero-order chi connectivity index (χ0) is 21.1. The highest BCUT2D eigenvalue weighted by molar-refractivity contribution is 5.93. The fraction of sp³-hybridized carbons (Fsp3) is 0.304. The van der Waals surface area contributed by atoms with Crippen LogP contribution in [0.2, 0.25) is 0 Å². The summed E-state index contributed by atoms with van der Waals surface area (Å²) in [6.45, 7) is 0.871. The molecule has 3 aromatic rings. The van der Waals surface area contributed by atoms with Crippen LogP contribution in [0.1, 0.15) is 22.3 Å². The van der Waals surface area contributed by atoms with Crippen LogP contribution in [0.5, 0.6) is 0 Å². The smallest absolute Gasteiger partial charge is 0.257 e. The Morgan fingerprint density at radius 3 is 2.40 bits per heavy atom. The topological polar surface area (TPSA) is 82.5 Å². The summed E-state index contributed by atoms with van der Waals surface area (Å²) >= 11 is 0. The van der Waals surface area contributed by atoms with Gasteiger partial charge in [0.05, 0.1) is 11.6 Å². The quantitative estimate of drug-likeness (QED) is 0.719. The molecule has 30 heavy (non-hydrogen) atoms. The predicted molar refractivity (Wildman–Crippen MR) is 114 cm³/mol. The van der Waals surface area contributed by atoms with Crippen molar-refractivity contribution in [3.63, 3.8) is 0 Å². The first-order chi connectivity index (χ1) is 14.5. The summed E-state index contributed by atoms with van der Waals surface area (Å²) in [5, 5.41) is 11.5. The summed E-state index contributed by atoms with van der Waals surface area (Å²) in [5.74, 6) is 0.347. The number of benzene rings is 1. The first kappa shape index (κ1) is 20.1. The molecule has 1 aliphatic rings. The monoisotopic (exact) mass is 403 g/mol. The second-order valence-electron chi connectivity index (χ2n) is 7.78. The number of hydrogen-bond acceptors (Lipinski definition) is 6. The molecule has 1 aliphatic heterocycles. The van der Waals surface area contributed by atoms with Crippen molar-refractivity contribution in [1.82, 2.24) is 24.8 Å². The number of carbonyl (C=O) groups excluding carboxylic acids is 1. The van der Waals surface area contributed by atoms with Gasteiger partial charge in [-0.25, -0.2) is 9.97 Å². The summed E-state index contributed by atoms with van der Waals surface area (Å²) < 4.78 is 0. The van der Waals surface area contributed by atoms with Gasteiger partial charge < -0.3 is 14.9 Å². The molecule has 0 spiro atoms. The van der Waals surface area contributed by atoms with E-state index in [9.17, 15) is 9.90 Å². The highest BCUT2D eigenvalue weighted by Gasteiger charge is 2.45. The van der Waals surface area contributed by atoms with Gasteiger partial charge >= 0.3 is 0 Å². The van der Waals surface area contributed by atoms with E-state index >= 15 is 0 Å². The summed E-state index contributed by atoms with van der Waals surface area (Å²) in [5.41, 5.74) is 0.951. The number of aromatic nitrogens is 3. The van der Waals surface area contributed by atoms with Crippen LogP contribution in [0.4, 0.5) is 0 Å². The summed E-state index contributed by atoms with van der Waals surface area (Å²) in [4.78, 5) is 29.7. The molecular formula is C23H25N5O2. The number of carbonyl (C=O) groups is 1. The third kappa shape index (κ3) is 3.81. The molecule has 154 valence electrons. The molecule has 1 saturated heterocycles. The first-order valence-corrected chi connectivity index (χ1v) is 9.96. The van der Waals surface area contributed by atoms with E-state index < -0.39 is 5.60 Å². The summed E-state index contributed by atoms with van der Waals surface area (Å²) in [7, 11) is 3.86. The van der Waals surface area contributed by atoms with Crippen LogP contribution in [0.25, 0.3) is 11.5 Å². The van der Waals surface area contributed by atoms with Crippen LogP contribution in [0, 0.1) is 0 Å². The highest BCUT2D eigenvalue weighted by atomic mass is 16.3. The Kier molecular flexibility index (Phi) is 5.57. The molecule has 1 amide bonds. The van der Waals surface area contributed by atoms with Crippen LogP contribution in [-0.4, -0.2) is 69.0 Å². The van der Waals surface area contributed by atoms with E-state index in [0.717, 1.165) is 5.56 Å². The van der Waals surface area contributed by atoms with Crippen molar-refractivity contribution in [2.45, 2.75) is 18.1 Å². The second kappa shape index (κ2) is 8.30. The molecule has 0 radical (unpaired) electrons. The van der Waals surface area contributed by atoms with Crippen LogP contribution in [0.3, 0.4) is 0 Å². The van der Waals surface area contributed by atoms with Gasteiger partial charge in [0.2, 0.25) is 0 Å². The van der Waals surface area contributed by atoms with Gasteiger partial charge in [0.1, 0.15) is 11.3 Å². The lowest BCUT2D eigenvalue weighted by molar-refractivity contribution is -0.0810. The Bertz CT molecular complexity index is 995. The minimum Gasteiger partial charge on any atom is -0.383 e. The van der Waals surface area contributed by atoms with Gasteiger partial charge in [-0.1, -0.05) is 36.4 Å². The predicted octanol–water partition coefficient (Wildman–Crippen LogP) is 2.20. The maximum atomic E-state index is 13.1. The lowest BCUT2D eigenvalue weighted by Gasteiger charge is -2.47. The van der Waals surface area contributed by atoms with E-state index in [0.29, 0.717) is 36.6 Å².